The van der Waals surface area contributed by atoms with Gasteiger partial charge in [0.25, 0.3) is 0 Å². The van der Waals surface area contributed by atoms with E-state index < -0.39 is 0 Å². The fourth-order valence-electron chi connectivity index (χ4n) is 1.78. The van der Waals surface area contributed by atoms with Gasteiger partial charge < -0.3 is 10.3 Å². The van der Waals surface area contributed by atoms with E-state index in [2.05, 4.69) is 10.3 Å². The average molecular weight is 237 g/mol. The average Bonchev–Trinajstić information content (AvgIpc) is 2.62. The second-order valence-electron chi connectivity index (χ2n) is 3.71. The monoisotopic (exact) mass is 236 g/mol. The second kappa shape index (κ2) is 4.58. The molecule has 2 rings (SSSR count). The molecule has 0 spiro atoms. The van der Waals surface area contributed by atoms with Crippen molar-refractivity contribution in [3.63, 3.8) is 0 Å². The van der Waals surface area contributed by atoms with Gasteiger partial charge in [0.2, 0.25) is 5.91 Å². The minimum Gasteiger partial charge on any atom is -0.361 e. The van der Waals surface area contributed by atoms with E-state index in [-0.39, 0.29) is 5.91 Å². The highest BCUT2D eigenvalue weighted by molar-refractivity contribution is 6.35. The van der Waals surface area contributed by atoms with Crippen LogP contribution in [0.2, 0.25) is 5.02 Å². The van der Waals surface area contributed by atoms with Crippen molar-refractivity contribution in [1.82, 2.24) is 10.3 Å². The maximum atomic E-state index is 10.8. The summed E-state index contributed by atoms with van der Waals surface area (Å²) in [6.07, 6.45) is 2.72. The Hall–Kier alpha value is -1.48. The molecule has 0 unspecified atom stereocenters. The van der Waals surface area contributed by atoms with Crippen molar-refractivity contribution < 1.29 is 4.79 Å². The Bertz CT molecular complexity index is 519. The number of aromatic amines is 1. The number of nitrogens with one attached hydrogen (secondary N) is 2. The first-order chi connectivity index (χ1) is 7.68. The number of carbonyl (C=O) groups is 1. The first kappa shape index (κ1) is 11.0. The molecule has 0 aliphatic heterocycles. The van der Waals surface area contributed by atoms with Gasteiger partial charge in [-0.2, -0.15) is 0 Å². The van der Waals surface area contributed by atoms with Crippen LogP contribution in [0.3, 0.4) is 0 Å². The number of carbonyl (C=O) groups excluding carboxylic acids is 1. The zero-order valence-corrected chi connectivity index (χ0v) is 9.77. The van der Waals surface area contributed by atoms with E-state index in [4.69, 9.17) is 11.6 Å². The summed E-state index contributed by atoms with van der Waals surface area (Å²) in [4.78, 5) is 13.9. The Morgan fingerprint density at radius 3 is 3.06 bits per heavy atom. The van der Waals surface area contributed by atoms with Gasteiger partial charge in [-0.05, 0) is 24.1 Å². The quantitative estimate of drug-likeness (QED) is 0.845. The Balaban J connectivity index is 2.21. The normalized spacial score (nSPS) is 10.6. The van der Waals surface area contributed by atoms with Gasteiger partial charge in [-0.1, -0.05) is 17.7 Å². The van der Waals surface area contributed by atoms with E-state index in [0.717, 1.165) is 27.9 Å². The van der Waals surface area contributed by atoms with Crippen LogP contribution in [-0.2, 0) is 11.2 Å². The zero-order chi connectivity index (χ0) is 11.5. The highest BCUT2D eigenvalue weighted by atomic mass is 35.5. The minimum atomic E-state index is -0.00839. The molecule has 0 radical (unpaired) electrons. The van der Waals surface area contributed by atoms with Crippen molar-refractivity contribution in [2.24, 2.45) is 0 Å². The standard InChI is InChI=1S/C12H13ClN2O/c1-8(16)14-6-5-9-7-15-11-4-2-3-10(13)12(9)11/h2-4,7,15H,5-6H2,1H3,(H,14,16). The van der Waals surface area contributed by atoms with Crippen LogP contribution in [0, 0.1) is 0 Å². The zero-order valence-electron chi connectivity index (χ0n) is 9.01. The predicted octanol–water partition coefficient (Wildman–Crippen LogP) is 2.50. The molecule has 0 bridgehead atoms. The second-order valence-corrected chi connectivity index (χ2v) is 4.12. The molecule has 4 heteroatoms. The van der Waals surface area contributed by atoms with Gasteiger partial charge in [-0.15, -0.1) is 0 Å². The fourth-order valence-corrected chi connectivity index (χ4v) is 2.07. The first-order valence-corrected chi connectivity index (χ1v) is 5.55. The molecule has 0 aliphatic carbocycles. The van der Waals surface area contributed by atoms with E-state index in [1.54, 1.807) is 0 Å². The summed E-state index contributed by atoms with van der Waals surface area (Å²) in [5.41, 5.74) is 2.17. The smallest absolute Gasteiger partial charge is 0.216 e. The third-order valence-electron chi connectivity index (χ3n) is 2.50. The molecule has 0 aliphatic rings. The lowest BCUT2D eigenvalue weighted by Gasteiger charge is -2.02. The molecule has 2 aromatic rings. The SMILES string of the molecule is CC(=O)NCCc1c[nH]c2cccc(Cl)c12. The Kier molecular flexibility index (Phi) is 3.15. The summed E-state index contributed by atoms with van der Waals surface area (Å²) in [5, 5.41) is 4.57. The van der Waals surface area contributed by atoms with E-state index >= 15 is 0 Å². The van der Waals surface area contributed by atoms with Crippen LogP contribution in [-0.4, -0.2) is 17.4 Å². The summed E-state index contributed by atoms with van der Waals surface area (Å²) in [5.74, 6) is -0.00839. The van der Waals surface area contributed by atoms with E-state index in [0.29, 0.717) is 6.54 Å². The summed E-state index contributed by atoms with van der Waals surface area (Å²) >= 11 is 6.14. The fraction of sp³-hybridized carbons (Fsp3) is 0.250. The lowest BCUT2D eigenvalue weighted by Crippen LogP contribution is -2.22. The summed E-state index contributed by atoms with van der Waals surface area (Å²) in [7, 11) is 0. The van der Waals surface area contributed by atoms with Crippen molar-refractivity contribution >= 4 is 28.4 Å². The van der Waals surface area contributed by atoms with Crippen molar-refractivity contribution in [3.05, 3.63) is 35.0 Å². The van der Waals surface area contributed by atoms with E-state index in [1.165, 1.54) is 6.92 Å². The summed E-state index contributed by atoms with van der Waals surface area (Å²) < 4.78 is 0. The third kappa shape index (κ3) is 2.19. The van der Waals surface area contributed by atoms with Crippen LogP contribution >= 0.6 is 11.6 Å². The van der Waals surface area contributed by atoms with Crippen molar-refractivity contribution in [3.8, 4) is 0 Å². The van der Waals surface area contributed by atoms with Gasteiger partial charge in [0.05, 0.1) is 5.02 Å². The number of hydrogen-bond donors (Lipinski definition) is 2. The highest BCUT2D eigenvalue weighted by Gasteiger charge is 2.06. The minimum absolute atomic E-state index is 0.00839. The molecule has 0 saturated heterocycles. The molecule has 1 aromatic carbocycles. The molecule has 3 nitrogen and oxygen atoms in total. The molecule has 16 heavy (non-hydrogen) atoms. The van der Waals surface area contributed by atoms with Gasteiger partial charge in [0.15, 0.2) is 0 Å². The number of benzene rings is 1. The molecule has 1 heterocycles. The van der Waals surface area contributed by atoms with Crippen LogP contribution in [0.15, 0.2) is 24.4 Å². The number of H-pyrrole nitrogens is 1. The molecule has 0 saturated carbocycles. The molecular formula is C12H13ClN2O. The van der Waals surface area contributed by atoms with Gasteiger partial charge in [0, 0.05) is 30.6 Å². The van der Waals surface area contributed by atoms with Crippen molar-refractivity contribution in [2.75, 3.05) is 6.54 Å². The lowest BCUT2D eigenvalue weighted by molar-refractivity contribution is -0.118. The number of rotatable bonds is 3. The van der Waals surface area contributed by atoms with Gasteiger partial charge in [-0.3, -0.25) is 4.79 Å². The molecule has 2 N–H and O–H groups in total. The summed E-state index contributed by atoms with van der Waals surface area (Å²) in [6, 6.07) is 5.78. The maximum absolute atomic E-state index is 10.8. The van der Waals surface area contributed by atoms with Crippen LogP contribution < -0.4 is 5.32 Å². The predicted molar refractivity (Wildman–Crippen MR) is 65.7 cm³/mol. The Morgan fingerprint density at radius 2 is 2.31 bits per heavy atom. The van der Waals surface area contributed by atoms with Crippen LogP contribution in [0.4, 0.5) is 0 Å². The molecule has 1 aromatic heterocycles. The van der Waals surface area contributed by atoms with E-state index in [9.17, 15) is 4.79 Å². The number of hydrogen-bond acceptors (Lipinski definition) is 1. The number of aromatic nitrogens is 1. The lowest BCUT2D eigenvalue weighted by atomic mass is 10.1. The van der Waals surface area contributed by atoms with Gasteiger partial charge in [-0.25, -0.2) is 0 Å². The van der Waals surface area contributed by atoms with Crippen molar-refractivity contribution in [1.29, 1.82) is 0 Å². The topological polar surface area (TPSA) is 44.9 Å². The molecule has 0 atom stereocenters. The van der Waals surface area contributed by atoms with Crippen LogP contribution in [0.5, 0.6) is 0 Å². The van der Waals surface area contributed by atoms with Crippen LogP contribution in [0.1, 0.15) is 12.5 Å². The van der Waals surface area contributed by atoms with Crippen LogP contribution in [0.25, 0.3) is 10.9 Å². The highest BCUT2D eigenvalue weighted by Crippen LogP contribution is 2.26. The summed E-state index contributed by atoms with van der Waals surface area (Å²) in [6.45, 7) is 2.15. The maximum Gasteiger partial charge on any atom is 0.216 e. The van der Waals surface area contributed by atoms with E-state index in [1.807, 2.05) is 24.4 Å². The Morgan fingerprint density at radius 1 is 1.50 bits per heavy atom. The van der Waals surface area contributed by atoms with Gasteiger partial charge in [0.1, 0.15) is 0 Å². The number of fused-ring (bicyclic) bond motifs is 1. The molecule has 1 amide bonds. The largest absolute Gasteiger partial charge is 0.361 e. The molecular weight excluding hydrogens is 224 g/mol. The van der Waals surface area contributed by atoms with Crippen molar-refractivity contribution in [2.45, 2.75) is 13.3 Å². The number of halogens is 1. The first-order valence-electron chi connectivity index (χ1n) is 5.17. The third-order valence-corrected chi connectivity index (χ3v) is 2.82. The van der Waals surface area contributed by atoms with Gasteiger partial charge >= 0.3 is 0 Å². The molecule has 84 valence electrons. The Labute approximate surface area is 98.8 Å². The molecule has 0 fully saturated rings. The number of amides is 1.